The van der Waals surface area contributed by atoms with Crippen LogP contribution in [0, 0.1) is 27.8 Å². The molecular weight excluding hydrogens is 295 g/mol. The zero-order valence-electron chi connectivity index (χ0n) is 11.6. The standard InChI is InChI=1S/C14H15FN2O5/c15-11-6-5-8(17(21)22)7-12(11)16-13(18)9-3-1-2-4-10(9)14(19)20/h5-7,9-10H,1-4H2,(H,16,18)(H,19,20)/t9?,10-/m0/s1. The molecule has 118 valence electrons. The monoisotopic (exact) mass is 310 g/mol. The van der Waals surface area contributed by atoms with E-state index in [1.54, 1.807) is 0 Å². The fourth-order valence-corrected chi connectivity index (χ4v) is 2.69. The molecule has 0 aromatic heterocycles. The largest absolute Gasteiger partial charge is 0.481 e. The van der Waals surface area contributed by atoms with E-state index in [-0.39, 0.29) is 11.4 Å². The van der Waals surface area contributed by atoms with Crippen LogP contribution in [0.2, 0.25) is 0 Å². The zero-order chi connectivity index (χ0) is 16.3. The molecule has 2 atom stereocenters. The fraction of sp³-hybridized carbons (Fsp3) is 0.429. The van der Waals surface area contributed by atoms with Crippen LogP contribution in [-0.2, 0) is 9.59 Å². The number of nitrogens with zero attached hydrogens (tertiary/aromatic N) is 1. The Hall–Kier alpha value is -2.51. The first-order chi connectivity index (χ1) is 10.4. The lowest BCUT2D eigenvalue weighted by Gasteiger charge is -2.27. The number of nitro groups is 1. The lowest BCUT2D eigenvalue weighted by molar-refractivity contribution is -0.384. The van der Waals surface area contributed by atoms with Crippen LogP contribution in [0.15, 0.2) is 18.2 Å². The Kier molecular flexibility index (Phi) is 4.69. The highest BCUT2D eigenvalue weighted by molar-refractivity contribution is 5.95. The van der Waals surface area contributed by atoms with Crippen molar-refractivity contribution in [2.45, 2.75) is 25.7 Å². The molecule has 7 nitrogen and oxygen atoms in total. The van der Waals surface area contributed by atoms with Crippen molar-refractivity contribution < 1.29 is 24.0 Å². The molecule has 0 aliphatic heterocycles. The van der Waals surface area contributed by atoms with Crippen LogP contribution in [0.25, 0.3) is 0 Å². The van der Waals surface area contributed by atoms with Gasteiger partial charge in [0.1, 0.15) is 5.82 Å². The molecule has 1 amide bonds. The van der Waals surface area contributed by atoms with Crippen molar-refractivity contribution in [3.8, 4) is 0 Å². The molecule has 2 N–H and O–H groups in total. The van der Waals surface area contributed by atoms with Crippen molar-refractivity contribution in [2.24, 2.45) is 11.8 Å². The van der Waals surface area contributed by atoms with Crippen molar-refractivity contribution in [1.82, 2.24) is 0 Å². The van der Waals surface area contributed by atoms with Gasteiger partial charge in [-0.15, -0.1) is 0 Å². The van der Waals surface area contributed by atoms with Gasteiger partial charge in [-0.05, 0) is 18.9 Å². The molecule has 0 heterocycles. The second-order valence-electron chi connectivity index (χ2n) is 5.25. The molecule has 0 radical (unpaired) electrons. The number of hydrogen-bond donors (Lipinski definition) is 2. The van der Waals surface area contributed by atoms with Gasteiger partial charge in [0.05, 0.1) is 22.4 Å². The number of amides is 1. The number of benzene rings is 1. The van der Waals surface area contributed by atoms with E-state index in [1.165, 1.54) is 0 Å². The molecule has 2 rings (SSSR count). The van der Waals surface area contributed by atoms with Crippen LogP contribution in [-0.4, -0.2) is 21.9 Å². The van der Waals surface area contributed by atoms with Crippen molar-refractivity contribution in [3.05, 3.63) is 34.1 Å². The number of carbonyl (C=O) groups is 2. The summed E-state index contributed by atoms with van der Waals surface area (Å²) in [6, 6.07) is 2.81. The van der Waals surface area contributed by atoms with E-state index >= 15 is 0 Å². The number of carboxylic acids is 1. The van der Waals surface area contributed by atoms with E-state index in [0.717, 1.165) is 31.0 Å². The Labute approximate surface area is 125 Å². The Balaban J connectivity index is 2.19. The van der Waals surface area contributed by atoms with Gasteiger partial charge in [0.2, 0.25) is 5.91 Å². The molecule has 1 fully saturated rings. The van der Waals surface area contributed by atoms with E-state index in [0.29, 0.717) is 12.8 Å². The highest BCUT2D eigenvalue weighted by Crippen LogP contribution is 2.32. The lowest BCUT2D eigenvalue weighted by atomic mass is 9.78. The van der Waals surface area contributed by atoms with Gasteiger partial charge in [-0.2, -0.15) is 0 Å². The molecule has 22 heavy (non-hydrogen) atoms. The summed E-state index contributed by atoms with van der Waals surface area (Å²) in [4.78, 5) is 33.4. The van der Waals surface area contributed by atoms with Crippen LogP contribution in [0.5, 0.6) is 0 Å². The summed E-state index contributed by atoms with van der Waals surface area (Å²) in [6.07, 6.45) is 2.25. The number of anilines is 1. The van der Waals surface area contributed by atoms with Crippen LogP contribution >= 0.6 is 0 Å². The van der Waals surface area contributed by atoms with Crippen LogP contribution in [0.1, 0.15) is 25.7 Å². The minimum atomic E-state index is -1.06. The predicted molar refractivity (Wildman–Crippen MR) is 74.8 cm³/mol. The molecular formula is C14H15FN2O5. The summed E-state index contributed by atoms with van der Waals surface area (Å²) >= 11 is 0. The second-order valence-corrected chi connectivity index (χ2v) is 5.25. The lowest BCUT2D eigenvalue weighted by Crippen LogP contribution is -2.36. The second kappa shape index (κ2) is 6.50. The van der Waals surface area contributed by atoms with E-state index in [1.807, 2.05) is 0 Å². The third kappa shape index (κ3) is 3.38. The summed E-state index contributed by atoms with van der Waals surface area (Å²) in [5.41, 5.74) is -0.663. The molecule has 1 aromatic carbocycles. The van der Waals surface area contributed by atoms with Gasteiger partial charge in [-0.3, -0.25) is 19.7 Å². The third-order valence-electron chi connectivity index (χ3n) is 3.84. The van der Waals surface area contributed by atoms with Crippen molar-refractivity contribution >= 4 is 23.3 Å². The normalized spacial score (nSPS) is 21.1. The van der Waals surface area contributed by atoms with E-state index in [9.17, 15) is 24.1 Å². The van der Waals surface area contributed by atoms with Crippen molar-refractivity contribution in [2.75, 3.05) is 5.32 Å². The molecule has 0 bridgehead atoms. The quantitative estimate of drug-likeness (QED) is 0.656. The number of aliphatic carboxylic acids is 1. The number of rotatable bonds is 4. The first-order valence-corrected chi connectivity index (χ1v) is 6.87. The number of carboxylic acid groups (broad SMARTS) is 1. The average Bonchev–Trinajstić information content (AvgIpc) is 2.49. The number of nitro benzene ring substituents is 1. The smallest absolute Gasteiger partial charge is 0.307 e. The highest BCUT2D eigenvalue weighted by atomic mass is 19.1. The number of nitrogens with one attached hydrogen (secondary N) is 1. The first-order valence-electron chi connectivity index (χ1n) is 6.87. The van der Waals surface area contributed by atoms with Crippen molar-refractivity contribution in [3.63, 3.8) is 0 Å². The van der Waals surface area contributed by atoms with Gasteiger partial charge in [-0.1, -0.05) is 12.8 Å². The van der Waals surface area contributed by atoms with Crippen molar-refractivity contribution in [1.29, 1.82) is 0 Å². The number of halogens is 1. The van der Waals surface area contributed by atoms with Gasteiger partial charge in [-0.25, -0.2) is 4.39 Å². The number of carbonyl (C=O) groups excluding carboxylic acids is 1. The maximum absolute atomic E-state index is 13.7. The van der Waals surface area contributed by atoms with E-state index in [4.69, 9.17) is 5.11 Å². The third-order valence-corrected chi connectivity index (χ3v) is 3.84. The summed E-state index contributed by atoms with van der Waals surface area (Å²) in [7, 11) is 0. The van der Waals surface area contributed by atoms with Gasteiger partial charge in [0.25, 0.3) is 5.69 Å². The molecule has 1 aliphatic carbocycles. The SMILES string of the molecule is O=C(Nc1cc([N+](=O)[O-])ccc1F)C1CCCC[C@@H]1C(=O)O. The zero-order valence-corrected chi connectivity index (χ0v) is 11.6. The summed E-state index contributed by atoms with van der Waals surface area (Å²) < 4.78 is 13.7. The summed E-state index contributed by atoms with van der Waals surface area (Å²) in [6.45, 7) is 0. The molecule has 8 heteroatoms. The maximum atomic E-state index is 13.7. The Morgan fingerprint density at radius 3 is 2.50 bits per heavy atom. The van der Waals surface area contributed by atoms with E-state index < -0.39 is 34.5 Å². The Morgan fingerprint density at radius 1 is 1.27 bits per heavy atom. The predicted octanol–water partition coefficient (Wildman–Crippen LogP) is 2.56. The average molecular weight is 310 g/mol. The van der Waals surface area contributed by atoms with Gasteiger partial charge >= 0.3 is 5.97 Å². The van der Waals surface area contributed by atoms with E-state index in [2.05, 4.69) is 5.32 Å². The maximum Gasteiger partial charge on any atom is 0.307 e. The van der Waals surface area contributed by atoms with Gasteiger partial charge < -0.3 is 10.4 Å². The number of non-ortho nitro benzene ring substituents is 1. The molecule has 0 saturated heterocycles. The summed E-state index contributed by atoms with van der Waals surface area (Å²) in [5, 5.41) is 22.1. The van der Waals surface area contributed by atoms with Crippen LogP contribution < -0.4 is 5.32 Å². The minimum absolute atomic E-state index is 0.311. The van der Waals surface area contributed by atoms with Crippen LogP contribution in [0.3, 0.4) is 0 Å². The fourth-order valence-electron chi connectivity index (χ4n) is 2.69. The molecule has 1 aliphatic rings. The number of hydrogen-bond acceptors (Lipinski definition) is 4. The van der Waals surface area contributed by atoms with Crippen LogP contribution in [0.4, 0.5) is 15.8 Å². The summed E-state index contributed by atoms with van der Waals surface area (Å²) in [5.74, 6) is -4.05. The molecule has 1 saturated carbocycles. The molecule has 1 unspecified atom stereocenters. The Bertz CT molecular complexity index is 619. The molecule has 0 spiro atoms. The van der Waals surface area contributed by atoms with Gasteiger partial charge in [0.15, 0.2) is 0 Å². The topological polar surface area (TPSA) is 110 Å². The minimum Gasteiger partial charge on any atom is -0.481 e. The Morgan fingerprint density at radius 2 is 1.91 bits per heavy atom. The highest BCUT2D eigenvalue weighted by Gasteiger charge is 2.36. The molecule has 1 aromatic rings. The first kappa shape index (κ1) is 15.9. The van der Waals surface area contributed by atoms with Gasteiger partial charge in [0, 0.05) is 12.1 Å².